The highest BCUT2D eigenvalue weighted by Crippen LogP contribution is 2.24. The van der Waals surface area contributed by atoms with E-state index in [1.54, 1.807) is 0 Å². The molecule has 0 aliphatic heterocycles. The zero-order chi connectivity index (χ0) is 13.2. The van der Waals surface area contributed by atoms with Gasteiger partial charge >= 0.3 is 5.97 Å². The van der Waals surface area contributed by atoms with Crippen LogP contribution in [0.2, 0.25) is 0 Å². The van der Waals surface area contributed by atoms with E-state index in [0.29, 0.717) is 0 Å². The second-order valence-electron chi connectivity index (χ2n) is 3.42. The summed E-state index contributed by atoms with van der Waals surface area (Å²) in [5, 5.41) is 18.0. The van der Waals surface area contributed by atoms with Gasteiger partial charge in [0, 0.05) is 11.1 Å². The molecule has 1 aromatic rings. The van der Waals surface area contributed by atoms with E-state index in [0.717, 1.165) is 6.07 Å². The molecule has 0 saturated heterocycles. The second-order valence-corrected chi connectivity index (χ2v) is 4.80. The van der Waals surface area contributed by atoms with Gasteiger partial charge < -0.3 is 10.2 Å². The molecule has 0 aliphatic carbocycles. The molecule has 0 saturated carbocycles. The Labute approximate surface area is 105 Å². The summed E-state index contributed by atoms with van der Waals surface area (Å²) < 4.78 is 13.5. The van der Waals surface area contributed by atoms with Crippen LogP contribution in [-0.2, 0) is 4.79 Å². The number of aliphatic hydroxyl groups is 1. The number of aliphatic carboxylic acids is 1. The van der Waals surface area contributed by atoms with Crippen molar-refractivity contribution < 1.29 is 24.2 Å². The molecule has 1 aromatic carbocycles. The molecule has 4 nitrogen and oxygen atoms in total. The van der Waals surface area contributed by atoms with E-state index in [1.165, 1.54) is 19.1 Å². The Morgan fingerprint density at radius 1 is 1.41 bits per heavy atom. The molecule has 0 fully saturated rings. The van der Waals surface area contributed by atoms with Crippen LogP contribution in [0.15, 0.2) is 18.2 Å². The highest BCUT2D eigenvalue weighted by atomic mass is 79.9. The lowest BCUT2D eigenvalue weighted by molar-refractivity contribution is -0.147. The summed E-state index contributed by atoms with van der Waals surface area (Å²) in [6.07, 6.45) is -2.05. The highest BCUT2D eigenvalue weighted by Gasteiger charge is 2.27. The van der Waals surface area contributed by atoms with Gasteiger partial charge in [0.25, 0.3) is 0 Å². The fourth-order valence-corrected chi connectivity index (χ4v) is 1.61. The van der Waals surface area contributed by atoms with E-state index in [4.69, 9.17) is 5.11 Å². The largest absolute Gasteiger partial charge is 0.479 e. The molecule has 0 aliphatic rings. The van der Waals surface area contributed by atoms with Crippen LogP contribution in [0.4, 0.5) is 4.39 Å². The van der Waals surface area contributed by atoms with Crippen LogP contribution >= 0.6 is 15.9 Å². The van der Waals surface area contributed by atoms with Crippen LogP contribution in [0.5, 0.6) is 0 Å². The highest BCUT2D eigenvalue weighted by molar-refractivity contribution is 9.10. The number of aliphatic hydroxyl groups excluding tert-OH is 1. The minimum Gasteiger partial charge on any atom is -0.479 e. The Morgan fingerprint density at radius 3 is 2.47 bits per heavy atom. The third-order valence-corrected chi connectivity index (χ3v) is 2.60. The Bertz CT molecular complexity index is 459. The third kappa shape index (κ3) is 2.89. The van der Waals surface area contributed by atoms with Crippen molar-refractivity contribution in [2.45, 2.75) is 17.9 Å². The number of carboxylic acids is 1. The number of benzene rings is 1. The van der Waals surface area contributed by atoms with Crippen LogP contribution in [0.1, 0.15) is 28.9 Å². The predicted molar refractivity (Wildman–Crippen MR) is 61.7 cm³/mol. The summed E-state index contributed by atoms with van der Waals surface area (Å²) in [7, 11) is 0. The molecule has 0 spiro atoms. The van der Waals surface area contributed by atoms with Crippen LogP contribution in [0, 0.1) is 5.82 Å². The van der Waals surface area contributed by atoms with Crippen molar-refractivity contribution in [3.05, 3.63) is 35.1 Å². The number of carbonyl (C=O) groups excluding carboxylic acids is 1. The number of Topliss-reactive ketones (excluding diaryl/α,β-unsaturated/α-hetero) is 1. The van der Waals surface area contributed by atoms with Gasteiger partial charge in [0.15, 0.2) is 11.9 Å². The lowest BCUT2D eigenvalue weighted by Crippen LogP contribution is -2.20. The van der Waals surface area contributed by atoms with Gasteiger partial charge in [0.05, 0.1) is 4.83 Å². The average molecular weight is 305 g/mol. The number of hydrogen-bond donors (Lipinski definition) is 2. The molecule has 0 bridgehead atoms. The number of alkyl halides is 1. The first-order chi connectivity index (χ1) is 7.86. The molecule has 17 heavy (non-hydrogen) atoms. The fraction of sp³-hybridized carbons (Fsp3) is 0.273. The molecular weight excluding hydrogens is 295 g/mol. The van der Waals surface area contributed by atoms with E-state index in [9.17, 15) is 19.1 Å². The van der Waals surface area contributed by atoms with Gasteiger partial charge in [-0.3, -0.25) is 4.79 Å². The van der Waals surface area contributed by atoms with Gasteiger partial charge in [-0.15, -0.1) is 0 Å². The van der Waals surface area contributed by atoms with Gasteiger partial charge in [-0.05, 0) is 13.0 Å². The number of hydrogen-bond acceptors (Lipinski definition) is 3. The summed E-state index contributed by atoms with van der Waals surface area (Å²) in [5.74, 6) is -3.01. The lowest BCUT2D eigenvalue weighted by Gasteiger charge is -2.13. The van der Waals surface area contributed by atoms with E-state index >= 15 is 0 Å². The zero-order valence-electron chi connectivity index (χ0n) is 8.85. The molecule has 2 atom stereocenters. The van der Waals surface area contributed by atoms with Crippen molar-refractivity contribution in [1.29, 1.82) is 0 Å². The third-order valence-electron chi connectivity index (χ3n) is 2.19. The molecular formula is C11H10BrFO4. The smallest absolute Gasteiger partial charge is 0.337 e. The first kappa shape index (κ1) is 13.8. The van der Waals surface area contributed by atoms with Gasteiger partial charge in [-0.2, -0.15) is 0 Å². The first-order valence-corrected chi connectivity index (χ1v) is 5.65. The van der Waals surface area contributed by atoms with Crippen molar-refractivity contribution >= 4 is 27.7 Å². The maximum absolute atomic E-state index is 13.5. The van der Waals surface area contributed by atoms with Crippen LogP contribution in [0.3, 0.4) is 0 Å². The molecule has 92 valence electrons. The summed E-state index contributed by atoms with van der Waals surface area (Å²) in [4.78, 5) is 21.8. The second kappa shape index (κ2) is 5.37. The van der Waals surface area contributed by atoms with E-state index in [1.807, 2.05) is 0 Å². The fourth-order valence-electron chi connectivity index (χ4n) is 1.37. The number of carbonyl (C=O) groups is 2. The molecule has 0 radical (unpaired) electrons. The van der Waals surface area contributed by atoms with Crippen molar-refractivity contribution in [1.82, 2.24) is 0 Å². The zero-order valence-corrected chi connectivity index (χ0v) is 10.4. The summed E-state index contributed by atoms with van der Waals surface area (Å²) in [6.45, 7) is 1.53. The standard InChI is InChI=1S/C11H10BrFO4/c1-5(12)9(14)6-3-2-4-7(13)8(6)10(15)11(16)17/h2-5,10,15H,1H3,(H,16,17). The first-order valence-electron chi connectivity index (χ1n) is 4.73. The molecule has 0 amide bonds. The SMILES string of the molecule is CC(Br)C(=O)c1cccc(F)c1C(O)C(=O)O. The molecule has 2 unspecified atom stereocenters. The van der Waals surface area contributed by atoms with Crippen LogP contribution in [0.25, 0.3) is 0 Å². The molecule has 6 heteroatoms. The van der Waals surface area contributed by atoms with Gasteiger partial charge in [0.1, 0.15) is 5.82 Å². The van der Waals surface area contributed by atoms with Gasteiger partial charge in [-0.1, -0.05) is 28.1 Å². The van der Waals surface area contributed by atoms with E-state index in [2.05, 4.69) is 15.9 Å². The predicted octanol–water partition coefficient (Wildman–Crippen LogP) is 1.91. The Morgan fingerprint density at radius 2 is 2.00 bits per heavy atom. The molecule has 1 rings (SSSR count). The quantitative estimate of drug-likeness (QED) is 0.658. The number of halogens is 2. The van der Waals surface area contributed by atoms with Crippen molar-refractivity contribution in [3.8, 4) is 0 Å². The minimum absolute atomic E-state index is 0.135. The summed E-state index contributed by atoms with van der Waals surface area (Å²) in [5.41, 5.74) is -0.638. The van der Waals surface area contributed by atoms with E-state index in [-0.39, 0.29) is 5.56 Å². The van der Waals surface area contributed by atoms with Crippen LogP contribution in [-0.4, -0.2) is 26.8 Å². The number of carboxylic acid groups (broad SMARTS) is 1. The van der Waals surface area contributed by atoms with Crippen molar-refractivity contribution in [3.63, 3.8) is 0 Å². The summed E-state index contributed by atoms with van der Waals surface area (Å²) in [6, 6.07) is 3.57. The molecule has 0 heterocycles. The maximum Gasteiger partial charge on any atom is 0.337 e. The van der Waals surface area contributed by atoms with Crippen molar-refractivity contribution in [2.75, 3.05) is 0 Å². The minimum atomic E-state index is -2.05. The van der Waals surface area contributed by atoms with Gasteiger partial charge in [-0.25, -0.2) is 9.18 Å². The Hall–Kier alpha value is -1.27. The normalized spacial score (nSPS) is 14.1. The number of rotatable bonds is 4. The monoisotopic (exact) mass is 304 g/mol. The Balaban J connectivity index is 3.36. The summed E-state index contributed by atoms with van der Waals surface area (Å²) >= 11 is 3.02. The van der Waals surface area contributed by atoms with Crippen molar-refractivity contribution in [2.24, 2.45) is 0 Å². The average Bonchev–Trinajstić information content (AvgIpc) is 2.26. The van der Waals surface area contributed by atoms with E-state index < -0.39 is 34.1 Å². The lowest BCUT2D eigenvalue weighted by atomic mass is 9.97. The number of ketones is 1. The molecule has 2 N–H and O–H groups in total. The Kier molecular flexibility index (Phi) is 4.36. The van der Waals surface area contributed by atoms with Crippen LogP contribution < -0.4 is 0 Å². The van der Waals surface area contributed by atoms with Gasteiger partial charge in [0.2, 0.25) is 0 Å². The molecule has 0 aromatic heterocycles. The topological polar surface area (TPSA) is 74.6 Å². The maximum atomic E-state index is 13.5.